The number of rotatable bonds is 10. The Labute approximate surface area is 204 Å². The lowest BCUT2D eigenvalue weighted by molar-refractivity contribution is -0.143. The van der Waals surface area contributed by atoms with Gasteiger partial charge in [-0.25, -0.2) is 14.8 Å². The van der Waals surface area contributed by atoms with Gasteiger partial charge in [-0.15, -0.1) is 0 Å². The fourth-order valence-corrected chi connectivity index (χ4v) is 4.30. The van der Waals surface area contributed by atoms with Crippen LogP contribution >= 0.6 is 15.9 Å². The zero-order chi connectivity index (χ0) is 24.1. The zero-order valence-corrected chi connectivity index (χ0v) is 20.4. The summed E-state index contributed by atoms with van der Waals surface area (Å²) in [5.41, 5.74) is 1.75. The number of carboxylic acids is 1. The summed E-state index contributed by atoms with van der Waals surface area (Å²) in [6.07, 6.45) is 3.26. The number of halogens is 1. The molecule has 0 saturated carbocycles. The van der Waals surface area contributed by atoms with Crippen LogP contribution in [0.3, 0.4) is 0 Å². The van der Waals surface area contributed by atoms with E-state index in [0.29, 0.717) is 30.1 Å². The van der Waals surface area contributed by atoms with Gasteiger partial charge < -0.3 is 34.7 Å². The van der Waals surface area contributed by atoms with Gasteiger partial charge in [-0.1, -0.05) is 0 Å². The van der Waals surface area contributed by atoms with Crippen molar-refractivity contribution >= 4 is 33.2 Å². The molecule has 1 aromatic carbocycles. The van der Waals surface area contributed by atoms with Crippen LogP contribution in [-0.2, 0) is 20.8 Å². The maximum absolute atomic E-state index is 10.6. The minimum atomic E-state index is -0.994. The van der Waals surface area contributed by atoms with Crippen LogP contribution in [0.25, 0.3) is 5.52 Å². The van der Waals surface area contributed by atoms with Gasteiger partial charge in [0, 0.05) is 37.1 Å². The molecule has 4 rings (SSSR count). The predicted molar refractivity (Wildman–Crippen MR) is 126 cm³/mol. The first-order chi connectivity index (χ1) is 16.5. The van der Waals surface area contributed by atoms with Crippen molar-refractivity contribution in [1.29, 1.82) is 0 Å². The summed E-state index contributed by atoms with van der Waals surface area (Å²) >= 11 is 3.56. The number of nitrogens with zero attached hydrogens (tertiary/aromatic N) is 3. The topological polar surface area (TPSA) is 128 Å². The molecule has 34 heavy (non-hydrogen) atoms. The molecule has 3 aromatic rings. The van der Waals surface area contributed by atoms with E-state index in [1.165, 1.54) is 0 Å². The van der Waals surface area contributed by atoms with Crippen LogP contribution in [0.1, 0.15) is 17.5 Å². The molecular weight excluding hydrogens is 510 g/mol. The second-order valence-electron chi connectivity index (χ2n) is 7.62. The molecular formula is C22H26BrN5O6. The summed E-state index contributed by atoms with van der Waals surface area (Å²) < 4.78 is 24.5. The van der Waals surface area contributed by atoms with E-state index in [-0.39, 0.29) is 25.4 Å². The van der Waals surface area contributed by atoms with E-state index >= 15 is 0 Å². The van der Waals surface area contributed by atoms with Crippen molar-refractivity contribution in [3.63, 3.8) is 0 Å². The second-order valence-corrected chi connectivity index (χ2v) is 8.37. The lowest BCUT2D eigenvalue weighted by Crippen LogP contribution is -2.46. The molecule has 1 saturated heterocycles. The van der Waals surface area contributed by atoms with Gasteiger partial charge in [0.1, 0.15) is 40.2 Å². The monoisotopic (exact) mass is 535 g/mol. The van der Waals surface area contributed by atoms with Crippen molar-refractivity contribution in [3.05, 3.63) is 46.6 Å². The van der Waals surface area contributed by atoms with Crippen molar-refractivity contribution in [3.8, 4) is 11.5 Å². The number of carbonyl (C=O) groups is 1. The number of nitrogens with one attached hydrogen (secondary N) is 2. The fourth-order valence-electron chi connectivity index (χ4n) is 3.74. The molecule has 0 spiro atoms. The maximum Gasteiger partial charge on any atom is 0.329 e. The molecule has 0 unspecified atom stereocenters. The lowest BCUT2D eigenvalue weighted by Gasteiger charge is -2.29. The molecule has 11 nitrogen and oxygen atoms in total. The van der Waals surface area contributed by atoms with Crippen LogP contribution in [0, 0.1) is 0 Å². The molecule has 0 bridgehead atoms. The number of methoxy groups -OCH3 is 2. The first-order valence-electron chi connectivity index (χ1n) is 10.6. The Balaban J connectivity index is 1.47. The molecule has 2 atom stereocenters. The highest BCUT2D eigenvalue weighted by atomic mass is 79.9. The quantitative estimate of drug-likeness (QED) is 0.355. The van der Waals surface area contributed by atoms with Crippen molar-refractivity contribution < 1.29 is 28.8 Å². The highest BCUT2D eigenvalue weighted by molar-refractivity contribution is 9.10. The highest BCUT2D eigenvalue weighted by Gasteiger charge is 2.27. The summed E-state index contributed by atoms with van der Waals surface area (Å²) in [5.74, 6) is 1.84. The minimum Gasteiger partial charge on any atom is -0.497 e. The molecule has 1 aliphatic rings. The van der Waals surface area contributed by atoms with Gasteiger partial charge in [0.25, 0.3) is 0 Å². The van der Waals surface area contributed by atoms with Gasteiger partial charge in [0.15, 0.2) is 5.82 Å². The van der Waals surface area contributed by atoms with E-state index < -0.39 is 5.97 Å². The molecule has 3 heterocycles. The first-order valence-corrected chi connectivity index (χ1v) is 11.4. The zero-order valence-electron chi connectivity index (χ0n) is 18.8. The standard InChI is InChI=1S/C22H26BrN5O6/c1-31-15-4-3-13(16(7-15)32-2)8-26-21-19-20(23)27-22(28(19)6-5-24-21)17-9-25-14(11-34-17)10-33-12-18(29)30/h3-7,14,17,25H,8-12H2,1-2H3,(H,24,26)(H,29,30)/t14-,17-/m1/s1. The number of fused-ring (bicyclic) bond motifs is 1. The molecule has 0 radical (unpaired) electrons. The SMILES string of the molecule is COc1ccc(CNc2nccn3c([C@H]4CN[C@H](COCC(=O)O)CO4)nc(Br)c23)c(OC)c1. The molecule has 0 aliphatic carbocycles. The normalized spacial score (nSPS) is 18.1. The summed E-state index contributed by atoms with van der Waals surface area (Å²) in [5, 5.41) is 15.4. The molecule has 0 amide bonds. The number of hydrogen-bond acceptors (Lipinski definition) is 9. The number of hydrogen-bond donors (Lipinski definition) is 3. The maximum atomic E-state index is 10.6. The van der Waals surface area contributed by atoms with Crippen LogP contribution in [0.4, 0.5) is 5.82 Å². The lowest BCUT2D eigenvalue weighted by atomic mass is 10.2. The van der Waals surface area contributed by atoms with Crippen LogP contribution in [0.5, 0.6) is 11.5 Å². The van der Waals surface area contributed by atoms with Crippen LogP contribution in [-0.4, -0.2) is 72.1 Å². The first kappa shape index (κ1) is 24.2. The number of aromatic nitrogens is 3. The van der Waals surface area contributed by atoms with Gasteiger partial charge in [0.05, 0.1) is 33.5 Å². The van der Waals surface area contributed by atoms with E-state index in [1.807, 2.05) is 28.8 Å². The number of benzene rings is 1. The molecule has 2 aromatic heterocycles. The summed E-state index contributed by atoms with van der Waals surface area (Å²) in [4.78, 5) is 19.8. The van der Waals surface area contributed by atoms with E-state index in [4.69, 9.17) is 24.1 Å². The van der Waals surface area contributed by atoms with E-state index in [0.717, 1.165) is 28.4 Å². The Morgan fingerprint density at radius 2 is 2.24 bits per heavy atom. The Morgan fingerprint density at radius 3 is 2.94 bits per heavy atom. The van der Waals surface area contributed by atoms with E-state index in [2.05, 4.69) is 36.5 Å². The van der Waals surface area contributed by atoms with Gasteiger partial charge in [0.2, 0.25) is 0 Å². The van der Waals surface area contributed by atoms with Gasteiger partial charge in [-0.3, -0.25) is 4.40 Å². The number of ether oxygens (including phenoxy) is 4. The number of aliphatic carboxylic acids is 1. The summed E-state index contributed by atoms with van der Waals surface area (Å²) in [6, 6.07) is 5.59. The fraction of sp³-hybridized carbons (Fsp3) is 0.409. The van der Waals surface area contributed by atoms with Crippen molar-refractivity contribution in [2.75, 3.05) is 45.9 Å². The van der Waals surface area contributed by atoms with Crippen LogP contribution in [0.15, 0.2) is 35.2 Å². The van der Waals surface area contributed by atoms with Crippen molar-refractivity contribution in [1.82, 2.24) is 19.7 Å². The Morgan fingerprint density at radius 1 is 1.38 bits per heavy atom. The smallest absolute Gasteiger partial charge is 0.329 e. The number of imidazole rings is 1. The minimum absolute atomic E-state index is 0.0800. The Hall–Kier alpha value is -2.93. The average molecular weight is 536 g/mol. The van der Waals surface area contributed by atoms with Gasteiger partial charge in [-0.05, 0) is 28.1 Å². The Bertz CT molecular complexity index is 1150. The number of anilines is 1. The van der Waals surface area contributed by atoms with Crippen LogP contribution < -0.4 is 20.1 Å². The second kappa shape index (κ2) is 11.0. The van der Waals surface area contributed by atoms with Gasteiger partial charge in [-0.2, -0.15) is 0 Å². The third-order valence-electron chi connectivity index (χ3n) is 5.40. The molecule has 1 fully saturated rings. The van der Waals surface area contributed by atoms with Crippen molar-refractivity contribution in [2.24, 2.45) is 0 Å². The third-order valence-corrected chi connectivity index (χ3v) is 5.96. The third kappa shape index (κ3) is 5.41. The van der Waals surface area contributed by atoms with E-state index in [1.54, 1.807) is 20.4 Å². The summed E-state index contributed by atoms with van der Waals surface area (Å²) in [6.45, 7) is 1.32. The highest BCUT2D eigenvalue weighted by Crippen LogP contribution is 2.31. The van der Waals surface area contributed by atoms with Crippen LogP contribution in [0.2, 0.25) is 0 Å². The Kier molecular flexibility index (Phi) is 7.83. The van der Waals surface area contributed by atoms with Crippen molar-refractivity contribution in [2.45, 2.75) is 18.7 Å². The predicted octanol–water partition coefficient (Wildman–Crippen LogP) is 2.25. The summed E-state index contributed by atoms with van der Waals surface area (Å²) in [7, 11) is 3.24. The molecule has 3 N–H and O–H groups in total. The number of carboxylic acid groups (broad SMARTS) is 1. The largest absolute Gasteiger partial charge is 0.497 e. The van der Waals surface area contributed by atoms with Gasteiger partial charge >= 0.3 is 5.97 Å². The molecule has 182 valence electrons. The average Bonchev–Trinajstić information content (AvgIpc) is 3.20. The number of morpholine rings is 1. The molecule has 12 heteroatoms. The van der Waals surface area contributed by atoms with E-state index in [9.17, 15) is 4.79 Å². The molecule has 1 aliphatic heterocycles.